The summed E-state index contributed by atoms with van der Waals surface area (Å²) in [7, 11) is 0. The molecular formula is C19H14ClF2N5O2. The summed E-state index contributed by atoms with van der Waals surface area (Å²) in [4.78, 5) is 8.23. The quantitative estimate of drug-likeness (QED) is 0.482. The number of aromatic nitrogens is 4. The number of halogens is 3. The molecule has 0 amide bonds. The van der Waals surface area contributed by atoms with Crippen molar-refractivity contribution in [1.29, 1.82) is 0 Å². The molecule has 0 aliphatic rings. The number of hydrogen-bond donors (Lipinski definition) is 1. The number of rotatable bonds is 4. The Balaban J connectivity index is 1.86. The second-order valence-electron chi connectivity index (χ2n) is 6.24. The number of aryl methyl sites for hydroxylation is 1. The van der Waals surface area contributed by atoms with Crippen LogP contribution in [0.5, 0.6) is 5.75 Å². The van der Waals surface area contributed by atoms with Gasteiger partial charge in [0.1, 0.15) is 28.7 Å². The molecule has 0 aliphatic heterocycles. The van der Waals surface area contributed by atoms with Crippen LogP contribution in [0.2, 0.25) is 5.02 Å². The number of nitrogens with zero attached hydrogens (tertiary/aromatic N) is 4. The van der Waals surface area contributed by atoms with Crippen molar-refractivity contribution in [2.24, 2.45) is 0 Å². The Hall–Kier alpha value is -3.33. The van der Waals surface area contributed by atoms with Crippen LogP contribution >= 0.6 is 11.6 Å². The van der Waals surface area contributed by atoms with Crippen LogP contribution in [0.4, 0.5) is 14.6 Å². The number of benzene rings is 2. The molecule has 10 heteroatoms. The van der Waals surface area contributed by atoms with E-state index in [0.29, 0.717) is 28.1 Å². The van der Waals surface area contributed by atoms with Crippen LogP contribution in [0.3, 0.4) is 0 Å². The van der Waals surface area contributed by atoms with Crippen molar-refractivity contribution in [3.05, 3.63) is 59.0 Å². The Morgan fingerprint density at radius 3 is 2.59 bits per heavy atom. The molecule has 4 rings (SSSR count). The third-order valence-electron chi connectivity index (χ3n) is 4.30. The van der Waals surface area contributed by atoms with Crippen molar-refractivity contribution in [1.82, 2.24) is 20.2 Å². The van der Waals surface area contributed by atoms with E-state index in [1.807, 2.05) is 0 Å². The molecule has 0 aliphatic carbocycles. The monoisotopic (exact) mass is 417 g/mol. The van der Waals surface area contributed by atoms with E-state index in [1.54, 1.807) is 26.0 Å². The van der Waals surface area contributed by atoms with E-state index >= 15 is 0 Å². The molecule has 148 valence electrons. The summed E-state index contributed by atoms with van der Waals surface area (Å²) in [5.74, 6) is -0.578. The Kier molecular flexibility index (Phi) is 4.75. The third-order valence-corrected chi connectivity index (χ3v) is 4.64. The second kappa shape index (κ2) is 7.25. The van der Waals surface area contributed by atoms with Crippen LogP contribution in [-0.4, -0.2) is 20.2 Å². The van der Waals surface area contributed by atoms with E-state index in [1.165, 1.54) is 12.4 Å². The highest BCUT2D eigenvalue weighted by Crippen LogP contribution is 2.39. The summed E-state index contributed by atoms with van der Waals surface area (Å²) >= 11 is 5.73. The molecule has 0 unspecified atom stereocenters. The molecule has 1 atom stereocenters. The minimum absolute atomic E-state index is 0.0756. The highest BCUT2D eigenvalue weighted by atomic mass is 35.5. The Morgan fingerprint density at radius 1 is 1.10 bits per heavy atom. The zero-order chi connectivity index (χ0) is 20.7. The van der Waals surface area contributed by atoms with Gasteiger partial charge in [-0.3, -0.25) is 0 Å². The van der Waals surface area contributed by atoms with Gasteiger partial charge >= 0.3 is 0 Å². The third kappa shape index (κ3) is 3.33. The van der Waals surface area contributed by atoms with Crippen molar-refractivity contribution in [3.8, 4) is 16.9 Å². The molecular weight excluding hydrogens is 404 g/mol. The fourth-order valence-electron chi connectivity index (χ4n) is 2.93. The first kappa shape index (κ1) is 19.0. The van der Waals surface area contributed by atoms with E-state index < -0.39 is 22.8 Å². The molecule has 7 nitrogen and oxygen atoms in total. The van der Waals surface area contributed by atoms with Crippen molar-refractivity contribution in [2.45, 2.75) is 20.0 Å². The number of ether oxygens (including phenoxy) is 1. The van der Waals surface area contributed by atoms with Gasteiger partial charge in [-0.25, -0.2) is 18.7 Å². The number of nitrogen functional groups attached to an aromatic ring is 1. The molecule has 2 aromatic carbocycles. The maximum Gasteiger partial charge on any atom is 0.256 e. The van der Waals surface area contributed by atoms with Gasteiger partial charge in [-0.2, -0.15) is 0 Å². The van der Waals surface area contributed by atoms with Gasteiger partial charge in [-0.05, 0) is 31.2 Å². The van der Waals surface area contributed by atoms with Crippen LogP contribution in [0, 0.1) is 18.6 Å². The molecule has 4 aromatic rings. The highest BCUT2D eigenvalue weighted by Gasteiger charge is 2.21. The van der Waals surface area contributed by atoms with Gasteiger partial charge < -0.3 is 14.9 Å². The number of fused-ring (bicyclic) bond motifs is 1. The van der Waals surface area contributed by atoms with E-state index in [0.717, 1.165) is 6.07 Å². The van der Waals surface area contributed by atoms with Crippen LogP contribution < -0.4 is 10.5 Å². The van der Waals surface area contributed by atoms with E-state index in [2.05, 4.69) is 20.2 Å². The van der Waals surface area contributed by atoms with Crippen LogP contribution in [0.25, 0.3) is 22.0 Å². The summed E-state index contributed by atoms with van der Waals surface area (Å²) in [6.07, 6.45) is 0.667. The Bertz CT molecular complexity index is 1230. The van der Waals surface area contributed by atoms with Gasteiger partial charge in [-0.15, -0.1) is 10.2 Å². The first-order valence-corrected chi connectivity index (χ1v) is 8.88. The molecule has 2 N–H and O–H groups in total. The number of hydrogen-bond acceptors (Lipinski definition) is 7. The first-order valence-electron chi connectivity index (χ1n) is 8.50. The Morgan fingerprint density at radius 2 is 1.86 bits per heavy atom. The normalized spacial score (nSPS) is 12.3. The SMILES string of the molecule is Cc1nnc([C@H](C)Oc2ccc(-c3ccc(F)c(Cl)c3F)c3ncnc(N)c23)o1. The average molecular weight is 418 g/mol. The topological polar surface area (TPSA) is 100.0 Å². The molecule has 0 spiro atoms. The predicted octanol–water partition coefficient (Wildman–Crippen LogP) is 4.64. The fraction of sp³-hybridized carbons (Fsp3) is 0.158. The zero-order valence-electron chi connectivity index (χ0n) is 15.3. The van der Waals surface area contributed by atoms with Gasteiger partial charge in [0, 0.05) is 18.1 Å². The predicted molar refractivity (Wildman–Crippen MR) is 102 cm³/mol. The highest BCUT2D eigenvalue weighted by molar-refractivity contribution is 6.31. The number of anilines is 1. The van der Waals surface area contributed by atoms with Crippen molar-refractivity contribution in [3.63, 3.8) is 0 Å². The molecule has 0 saturated carbocycles. The standard InChI is InChI=1S/C19H14ClF2N5O2/c1-8(19-27-26-9(2)29-19)28-13-6-4-11(17-14(13)18(23)25-7-24-17)10-3-5-12(21)15(20)16(10)22/h3-8H,1-2H3,(H2,23,24,25)/t8-/m0/s1. The summed E-state index contributed by atoms with van der Waals surface area (Å²) in [6, 6.07) is 5.55. The zero-order valence-corrected chi connectivity index (χ0v) is 16.0. The lowest BCUT2D eigenvalue weighted by Crippen LogP contribution is -2.06. The molecule has 2 aromatic heterocycles. The van der Waals surface area contributed by atoms with Crippen LogP contribution in [0.15, 0.2) is 35.0 Å². The van der Waals surface area contributed by atoms with Crippen LogP contribution in [-0.2, 0) is 0 Å². The summed E-state index contributed by atoms with van der Waals surface area (Å²) < 4.78 is 39.5. The van der Waals surface area contributed by atoms with E-state index in [-0.39, 0.29) is 17.3 Å². The van der Waals surface area contributed by atoms with Gasteiger partial charge in [0.05, 0.1) is 10.9 Å². The van der Waals surface area contributed by atoms with Crippen molar-refractivity contribution in [2.75, 3.05) is 5.73 Å². The lowest BCUT2D eigenvalue weighted by atomic mass is 10.0. The average Bonchev–Trinajstić information content (AvgIpc) is 3.14. The van der Waals surface area contributed by atoms with E-state index in [4.69, 9.17) is 26.5 Å². The first-order chi connectivity index (χ1) is 13.9. The summed E-state index contributed by atoms with van der Waals surface area (Å²) in [5, 5.41) is 7.48. The molecule has 2 heterocycles. The van der Waals surface area contributed by atoms with Gasteiger partial charge in [-0.1, -0.05) is 11.6 Å². The minimum Gasteiger partial charge on any atom is -0.480 e. The van der Waals surface area contributed by atoms with Gasteiger partial charge in [0.15, 0.2) is 11.9 Å². The lowest BCUT2D eigenvalue weighted by Gasteiger charge is -2.16. The molecule has 0 fully saturated rings. The maximum absolute atomic E-state index is 14.6. The number of nitrogens with two attached hydrogens (primary N) is 1. The second-order valence-corrected chi connectivity index (χ2v) is 6.61. The maximum atomic E-state index is 14.6. The largest absolute Gasteiger partial charge is 0.480 e. The van der Waals surface area contributed by atoms with E-state index in [9.17, 15) is 8.78 Å². The van der Waals surface area contributed by atoms with Gasteiger partial charge in [0.25, 0.3) is 5.89 Å². The molecule has 29 heavy (non-hydrogen) atoms. The lowest BCUT2D eigenvalue weighted by molar-refractivity contribution is 0.189. The van der Waals surface area contributed by atoms with Crippen molar-refractivity contribution >= 4 is 28.3 Å². The summed E-state index contributed by atoms with van der Waals surface area (Å²) in [6.45, 7) is 3.40. The molecule has 0 bridgehead atoms. The Labute approximate surface area is 168 Å². The summed E-state index contributed by atoms with van der Waals surface area (Å²) in [5.41, 5.74) is 6.82. The minimum atomic E-state index is -0.895. The van der Waals surface area contributed by atoms with Gasteiger partial charge in [0.2, 0.25) is 5.89 Å². The van der Waals surface area contributed by atoms with Crippen molar-refractivity contribution < 1.29 is 17.9 Å². The fourth-order valence-corrected chi connectivity index (χ4v) is 3.10. The van der Waals surface area contributed by atoms with Crippen LogP contribution in [0.1, 0.15) is 24.8 Å². The molecule has 0 saturated heterocycles. The molecule has 0 radical (unpaired) electrons. The smallest absolute Gasteiger partial charge is 0.256 e.